The van der Waals surface area contributed by atoms with E-state index in [9.17, 15) is 4.79 Å². The summed E-state index contributed by atoms with van der Waals surface area (Å²) in [6.45, 7) is 1.78. The number of aryl methyl sites for hydroxylation is 1. The van der Waals surface area contributed by atoms with Gasteiger partial charge in [0.05, 0.1) is 5.69 Å². The Morgan fingerprint density at radius 3 is 2.85 bits per heavy atom. The highest BCUT2D eigenvalue weighted by Gasteiger charge is 2.30. The number of aromatic nitrogens is 4. The minimum atomic E-state index is -0.101. The molecule has 26 heavy (non-hydrogen) atoms. The molecule has 0 aliphatic heterocycles. The van der Waals surface area contributed by atoms with Crippen LogP contribution < -0.4 is 5.32 Å². The van der Waals surface area contributed by atoms with E-state index in [4.69, 9.17) is 4.52 Å². The lowest BCUT2D eigenvalue weighted by molar-refractivity contribution is -0.115. The Morgan fingerprint density at radius 2 is 2.15 bits per heavy atom. The monoisotopic (exact) mass is 369 g/mol. The zero-order valence-corrected chi connectivity index (χ0v) is 15.2. The van der Waals surface area contributed by atoms with E-state index < -0.39 is 0 Å². The fourth-order valence-electron chi connectivity index (χ4n) is 2.60. The fraction of sp³-hybridized carbons (Fsp3) is 0.333. The molecule has 8 heteroatoms. The summed E-state index contributed by atoms with van der Waals surface area (Å²) >= 11 is 1.49. The largest absolute Gasteiger partial charge is 0.360 e. The summed E-state index contributed by atoms with van der Waals surface area (Å²) in [6, 6.07) is 11.7. The van der Waals surface area contributed by atoms with Crippen LogP contribution in [0.4, 0.5) is 5.82 Å². The first-order valence-electron chi connectivity index (χ1n) is 8.57. The van der Waals surface area contributed by atoms with Crippen molar-refractivity contribution < 1.29 is 9.32 Å². The molecule has 0 radical (unpaired) electrons. The number of hydrogen-bond acceptors (Lipinski definition) is 6. The van der Waals surface area contributed by atoms with Crippen LogP contribution in [0.5, 0.6) is 0 Å². The molecule has 1 N–H and O–H groups in total. The Labute approximate surface area is 155 Å². The van der Waals surface area contributed by atoms with Crippen LogP contribution >= 0.6 is 11.8 Å². The maximum Gasteiger partial charge on any atom is 0.226 e. The second-order valence-electron chi connectivity index (χ2n) is 6.24. The van der Waals surface area contributed by atoms with Crippen LogP contribution in [0.3, 0.4) is 0 Å². The topological polar surface area (TPSA) is 85.8 Å². The Balaban J connectivity index is 1.37. The minimum Gasteiger partial charge on any atom is -0.360 e. The van der Waals surface area contributed by atoms with Gasteiger partial charge in [-0.2, -0.15) is 0 Å². The van der Waals surface area contributed by atoms with Gasteiger partial charge < -0.3 is 9.84 Å². The molecule has 1 saturated carbocycles. The van der Waals surface area contributed by atoms with E-state index in [1.54, 1.807) is 13.0 Å². The summed E-state index contributed by atoms with van der Waals surface area (Å²) in [5, 5.41) is 11.8. The zero-order chi connectivity index (χ0) is 17.9. The molecule has 1 amide bonds. The molecule has 0 unspecified atom stereocenters. The van der Waals surface area contributed by atoms with Crippen LogP contribution in [0.25, 0.3) is 5.69 Å². The number of rotatable bonds is 7. The van der Waals surface area contributed by atoms with E-state index >= 15 is 0 Å². The van der Waals surface area contributed by atoms with Crippen molar-refractivity contribution in [3.05, 3.63) is 48.0 Å². The van der Waals surface area contributed by atoms with Crippen LogP contribution in [-0.4, -0.2) is 31.6 Å². The maximum absolute atomic E-state index is 12.0. The number of carbonyl (C=O) groups is 1. The van der Waals surface area contributed by atoms with Gasteiger partial charge in [-0.3, -0.25) is 4.79 Å². The number of nitrogens with one attached hydrogen (secondary N) is 1. The van der Waals surface area contributed by atoms with Crippen LogP contribution in [-0.2, 0) is 4.79 Å². The lowest BCUT2D eigenvalue weighted by Gasteiger charge is -2.03. The van der Waals surface area contributed by atoms with Gasteiger partial charge in [-0.1, -0.05) is 35.1 Å². The third kappa shape index (κ3) is 3.96. The van der Waals surface area contributed by atoms with E-state index in [-0.39, 0.29) is 5.91 Å². The highest BCUT2D eigenvalue weighted by molar-refractivity contribution is 7.99. The van der Waals surface area contributed by atoms with E-state index in [2.05, 4.69) is 20.6 Å². The van der Waals surface area contributed by atoms with Crippen molar-refractivity contribution in [1.82, 2.24) is 19.9 Å². The van der Waals surface area contributed by atoms with Gasteiger partial charge in [0.25, 0.3) is 0 Å². The van der Waals surface area contributed by atoms with Crippen LogP contribution in [0.1, 0.15) is 36.8 Å². The molecular formula is C18H19N5O2S. The summed E-state index contributed by atoms with van der Waals surface area (Å²) in [6.07, 6.45) is 2.68. The molecule has 1 aromatic carbocycles. The standard InChI is InChI=1S/C18H19N5O2S/c1-12-11-15(22-25-12)19-16(24)9-10-26-18-20-17(13-7-8-13)23(21-18)14-5-3-2-4-6-14/h2-6,11,13H,7-10H2,1H3,(H,19,22,24). The van der Waals surface area contributed by atoms with Gasteiger partial charge in [-0.25, -0.2) is 9.67 Å². The molecule has 0 bridgehead atoms. The van der Waals surface area contributed by atoms with Gasteiger partial charge >= 0.3 is 0 Å². The summed E-state index contributed by atoms with van der Waals surface area (Å²) in [5.74, 6) is 3.12. The van der Waals surface area contributed by atoms with Gasteiger partial charge in [-0.15, -0.1) is 5.10 Å². The van der Waals surface area contributed by atoms with E-state index in [0.717, 1.165) is 24.4 Å². The van der Waals surface area contributed by atoms with Crippen molar-refractivity contribution in [1.29, 1.82) is 0 Å². The summed E-state index contributed by atoms with van der Waals surface area (Å²) in [7, 11) is 0. The molecule has 0 atom stereocenters. The van der Waals surface area contributed by atoms with Crippen molar-refractivity contribution in [3.63, 3.8) is 0 Å². The fourth-order valence-corrected chi connectivity index (χ4v) is 3.36. The predicted octanol–water partition coefficient (Wildman–Crippen LogP) is 3.56. The first-order chi connectivity index (χ1) is 12.7. The summed E-state index contributed by atoms with van der Waals surface area (Å²) in [5.41, 5.74) is 1.02. The molecule has 4 rings (SSSR count). The number of para-hydroxylation sites is 1. The molecular weight excluding hydrogens is 350 g/mol. The first-order valence-corrected chi connectivity index (χ1v) is 9.56. The quantitative estimate of drug-likeness (QED) is 0.641. The predicted molar refractivity (Wildman–Crippen MR) is 98.5 cm³/mol. The van der Waals surface area contributed by atoms with Crippen molar-refractivity contribution in [2.45, 2.75) is 37.3 Å². The molecule has 2 aromatic heterocycles. The Hall–Kier alpha value is -2.61. The van der Waals surface area contributed by atoms with E-state index in [1.807, 2.05) is 35.0 Å². The molecule has 3 aromatic rings. The van der Waals surface area contributed by atoms with E-state index in [0.29, 0.717) is 34.8 Å². The molecule has 2 heterocycles. The smallest absolute Gasteiger partial charge is 0.226 e. The third-order valence-corrected chi connectivity index (χ3v) is 4.85. The molecule has 1 aliphatic carbocycles. The van der Waals surface area contributed by atoms with Crippen LogP contribution in [0, 0.1) is 6.92 Å². The Kier molecular flexibility index (Phi) is 4.75. The lowest BCUT2D eigenvalue weighted by Crippen LogP contribution is -2.12. The lowest BCUT2D eigenvalue weighted by atomic mass is 10.3. The number of amides is 1. The summed E-state index contributed by atoms with van der Waals surface area (Å²) in [4.78, 5) is 16.7. The molecule has 134 valence electrons. The number of carbonyl (C=O) groups excluding carboxylic acids is 1. The van der Waals surface area contributed by atoms with Gasteiger partial charge in [0.1, 0.15) is 11.6 Å². The van der Waals surface area contributed by atoms with Gasteiger partial charge in [-0.05, 0) is 31.9 Å². The van der Waals surface area contributed by atoms with Crippen molar-refractivity contribution in [2.75, 3.05) is 11.1 Å². The highest BCUT2D eigenvalue weighted by Crippen LogP contribution is 2.40. The maximum atomic E-state index is 12.0. The second-order valence-corrected chi connectivity index (χ2v) is 7.31. The van der Waals surface area contributed by atoms with Crippen molar-refractivity contribution >= 4 is 23.5 Å². The highest BCUT2D eigenvalue weighted by atomic mass is 32.2. The van der Waals surface area contributed by atoms with Crippen molar-refractivity contribution in [2.24, 2.45) is 0 Å². The van der Waals surface area contributed by atoms with Crippen LogP contribution in [0.2, 0.25) is 0 Å². The average Bonchev–Trinajstić information content (AvgIpc) is 3.28. The molecule has 0 saturated heterocycles. The number of anilines is 1. The van der Waals surface area contributed by atoms with Crippen molar-refractivity contribution in [3.8, 4) is 5.69 Å². The second kappa shape index (κ2) is 7.33. The first kappa shape index (κ1) is 16.8. The number of benzene rings is 1. The summed E-state index contributed by atoms with van der Waals surface area (Å²) < 4.78 is 6.86. The molecule has 1 fully saturated rings. The molecule has 1 aliphatic rings. The molecule has 7 nitrogen and oxygen atoms in total. The third-order valence-electron chi connectivity index (χ3n) is 4.01. The minimum absolute atomic E-state index is 0.101. The van der Waals surface area contributed by atoms with Gasteiger partial charge in [0.15, 0.2) is 5.82 Å². The van der Waals surface area contributed by atoms with Gasteiger partial charge in [0, 0.05) is 24.2 Å². The SMILES string of the molecule is Cc1cc(NC(=O)CCSc2nc(C3CC3)n(-c3ccccc3)n2)no1. The number of nitrogens with zero attached hydrogens (tertiary/aromatic N) is 4. The van der Waals surface area contributed by atoms with Gasteiger partial charge in [0.2, 0.25) is 11.1 Å². The Bertz CT molecular complexity index is 901. The normalized spacial score (nSPS) is 13.7. The Morgan fingerprint density at radius 1 is 1.35 bits per heavy atom. The zero-order valence-electron chi connectivity index (χ0n) is 14.4. The average molecular weight is 369 g/mol. The van der Waals surface area contributed by atoms with Crippen LogP contribution in [0.15, 0.2) is 46.1 Å². The number of hydrogen-bond donors (Lipinski definition) is 1. The molecule has 0 spiro atoms. The number of thioether (sulfide) groups is 1. The van der Waals surface area contributed by atoms with E-state index in [1.165, 1.54) is 11.8 Å².